The molecule has 0 radical (unpaired) electrons. The van der Waals surface area contributed by atoms with Crippen LogP contribution in [0.2, 0.25) is 0 Å². The van der Waals surface area contributed by atoms with Crippen LogP contribution in [-0.4, -0.2) is 47.4 Å². The molecule has 1 aliphatic heterocycles. The molecule has 150 valence electrons. The normalized spacial score (nSPS) is 15.1. The molecule has 0 spiro atoms. The minimum atomic E-state index is -3.32. The number of ether oxygens (including phenoxy) is 3. The van der Waals surface area contributed by atoms with Crippen LogP contribution in [0.5, 0.6) is 17.2 Å². The van der Waals surface area contributed by atoms with Gasteiger partial charge in [-0.3, -0.25) is 9.10 Å². The van der Waals surface area contributed by atoms with Crippen molar-refractivity contribution in [3.8, 4) is 17.2 Å². The molecule has 1 fully saturated rings. The van der Waals surface area contributed by atoms with Crippen LogP contribution in [0.3, 0.4) is 0 Å². The smallest absolute Gasteiger partial charge is 0.262 e. The molecule has 0 aliphatic carbocycles. The standard InChI is InChI=1S/C19H22N2O6S/c1-25-16-9-8-14(21-10-5-11-28(21,23)24)12-15(16)20-19(22)13-27-18-7-4-3-6-17(18)26-2/h3-4,6-9,12H,5,10-11,13H2,1-2H3,(H,20,22). The Morgan fingerprint density at radius 2 is 1.79 bits per heavy atom. The van der Waals surface area contributed by atoms with E-state index in [1.165, 1.54) is 18.5 Å². The number of nitrogens with zero attached hydrogens (tertiary/aromatic N) is 1. The number of nitrogens with one attached hydrogen (secondary N) is 1. The van der Waals surface area contributed by atoms with Gasteiger partial charge in [-0.2, -0.15) is 0 Å². The maximum Gasteiger partial charge on any atom is 0.262 e. The summed E-state index contributed by atoms with van der Waals surface area (Å²) in [6.07, 6.45) is 0.572. The van der Waals surface area contributed by atoms with Gasteiger partial charge in [0.25, 0.3) is 5.91 Å². The molecule has 3 rings (SSSR count). The summed E-state index contributed by atoms with van der Waals surface area (Å²) in [6.45, 7) is 0.175. The number of amides is 1. The SMILES string of the molecule is COc1ccc(N2CCCS2(=O)=O)cc1NC(=O)COc1ccccc1OC. The van der Waals surface area contributed by atoms with Crippen LogP contribution in [-0.2, 0) is 14.8 Å². The highest BCUT2D eigenvalue weighted by Gasteiger charge is 2.29. The molecule has 2 aromatic rings. The molecule has 2 aromatic carbocycles. The molecule has 9 heteroatoms. The fourth-order valence-electron chi connectivity index (χ4n) is 2.95. The Morgan fingerprint density at radius 1 is 1.07 bits per heavy atom. The molecule has 1 heterocycles. The van der Waals surface area contributed by atoms with E-state index in [4.69, 9.17) is 14.2 Å². The topological polar surface area (TPSA) is 94.2 Å². The lowest BCUT2D eigenvalue weighted by atomic mass is 10.2. The van der Waals surface area contributed by atoms with E-state index in [2.05, 4.69) is 5.32 Å². The Kier molecular flexibility index (Phi) is 5.93. The number of rotatable bonds is 7. The number of benzene rings is 2. The first-order valence-corrected chi connectivity index (χ1v) is 10.3. The molecule has 1 saturated heterocycles. The average Bonchev–Trinajstić information content (AvgIpc) is 3.05. The highest BCUT2D eigenvalue weighted by molar-refractivity contribution is 7.93. The number of hydrogen-bond donors (Lipinski definition) is 1. The summed E-state index contributed by atoms with van der Waals surface area (Å²) in [4.78, 5) is 12.3. The van der Waals surface area contributed by atoms with Crippen LogP contribution in [0.4, 0.5) is 11.4 Å². The van der Waals surface area contributed by atoms with E-state index < -0.39 is 15.9 Å². The van der Waals surface area contributed by atoms with Gasteiger partial charge in [-0.25, -0.2) is 8.42 Å². The molecule has 0 bridgehead atoms. The highest BCUT2D eigenvalue weighted by atomic mass is 32.2. The molecule has 28 heavy (non-hydrogen) atoms. The van der Waals surface area contributed by atoms with Crippen molar-refractivity contribution in [3.05, 3.63) is 42.5 Å². The third kappa shape index (κ3) is 4.30. The zero-order valence-corrected chi connectivity index (χ0v) is 16.5. The van der Waals surface area contributed by atoms with E-state index in [0.717, 1.165) is 0 Å². The summed E-state index contributed by atoms with van der Waals surface area (Å²) in [6, 6.07) is 11.9. The second kappa shape index (κ2) is 8.39. The van der Waals surface area contributed by atoms with Gasteiger partial charge in [0.2, 0.25) is 10.0 Å². The van der Waals surface area contributed by atoms with Gasteiger partial charge in [-0.15, -0.1) is 0 Å². The van der Waals surface area contributed by atoms with Crippen LogP contribution in [0.1, 0.15) is 6.42 Å². The van der Waals surface area contributed by atoms with Crippen LogP contribution in [0.25, 0.3) is 0 Å². The number of para-hydroxylation sites is 2. The molecule has 8 nitrogen and oxygen atoms in total. The fourth-order valence-corrected chi connectivity index (χ4v) is 4.50. The van der Waals surface area contributed by atoms with Crippen molar-refractivity contribution in [2.24, 2.45) is 0 Å². The molecule has 0 unspecified atom stereocenters. The average molecular weight is 406 g/mol. The Labute approximate surface area is 164 Å². The van der Waals surface area contributed by atoms with E-state index in [9.17, 15) is 13.2 Å². The summed E-state index contributed by atoms with van der Waals surface area (Å²) in [7, 11) is -0.324. The van der Waals surface area contributed by atoms with Crippen molar-refractivity contribution in [1.29, 1.82) is 0 Å². The minimum absolute atomic E-state index is 0.119. The third-order valence-electron chi connectivity index (χ3n) is 4.27. The predicted octanol–water partition coefficient (Wildman–Crippen LogP) is 2.26. The van der Waals surface area contributed by atoms with Gasteiger partial charge < -0.3 is 19.5 Å². The van der Waals surface area contributed by atoms with Gasteiger partial charge >= 0.3 is 0 Å². The Hall–Kier alpha value is -2.94. The van der Waals surface area contributed by atoms with Crippen molar-refractivity contribution >= 4 is 27.3 Å². The van der Waals surface area contributed by atoms with Gasteiger partial charge in [0.05, 0.1) is 31.3 Å². The van der Waals surface area contributed by atoms with Crippen molar-refractivity contribution in [2.45, 2.75) is 6.42 Å². The molecular weight excluding hydrogens is 384 g/mol. The largest absolute Gasteiger partial charge is 0.495 e. The Balaban J connectivity index is 1.73. The van der Waals surface area contributed by atoms with Crippen LogP contribution in [0.15, 0.2) is 42.5 Å². The van der Waals surface area contributed by atoms with Crippen LogP contribution >= 0.6 is 0 Å². The van der Waals surface area contributed by atoms with Gasteiger partial charge in [0.1, 0.15) is 5.75 Å². The first-order valence-electron chi connectivity index (χ1n) is 8.69. The predicted molar refractivity (Wildman–Crippen MR) is 106 cm³/mol. The minimum Gasteiger partial charge on any atom is -0.495 e. The maximum absolute atomic E-state index is 12.3. The maximum atomic E-state index is 12.3. The van der Waals surface area contributed by atoms with Gasteiger partial charge in [0, 0.05) is 6.54 Å². The monoisotopic (exact) mass is 406 g/mol. The zero-order valence-electron chi connectivity index (χ0n) is 15.7. The van der Waals surface area contributed by atoms with Crippen molar-refractivity contribution in [2.75, 3.05) is 42.7 Å². The van der Waals surface area contributed by atoms with E-state index in [0.29, 0.717) is 41.6 Å². The summed E-state index contributed by atoms with van der Waals surface area (Å²) in [5.41, 5.74) is 0.856. The lowest BCUT2D eigenvalue weighted by molar-refractivity contribution is -0.118. The molecule has 0 aromatic heterocycles. The van der Waals surface area contributed by atoms with Gasteiger partial charge in [0.15, 0.2) is 18.1 Å². The first kappa shape index (κ1) is 19.8. The summed E-state index contributed by atoms with van der Waals surface area (Å²) in [5, 5.41) is 2.71. The molecule has 0 atom stereocenters. The summed E-state index contributed by atoms with van der Waals surface area (Å²) in [5.74, 6) is 1.10. The van der Waals surface area contributed by atoms with Gasteiger partial charge in [-0.1, -0.05) is 12.1 Å². The molecule has 0 saturated carbocycles. The quantitative estimate of drug-likeness (QED) is 0.758. The number of methoxy groups -OCH3 is 2. The zero-order chi connectivity index (χ0) is 20.1. The Bertz CT molecular complexity index is 961. The second-order valence-electron chi connectivity index (χ2n) is 6.11. The van der Waals surface area contributed by atoms with E-state index in [1.807, 2.05) is 0 Å². The number of carbonyl (C=O) groups excluding carboxylic acids is 1. The number of carbonyl (C=O) groups is 1. The summed E-state index contributed by atoms with van der Waals surface area (Å²) >= 11 is 0. The van der Waals surface area contributed by atoms with Crippen molar-refractivity contribution < 1.29 is 27.4 Å². The Morgan fingerprint density at radius 3 is 2.43 bits per heavy atom. The van der Waals surface area contributed by atoms with Crippen molar-refractivity contribution in [3.63, 3.8) is 0 Å². The number of sulfonamides is 1. The van der Waals surface area contributed by atoms with E-state index in [1.54, 1.807) is 42.5 Å². The van der Waals surface area contributed by atoms with Crippen LogP contribution in [0, 0.1) is 0 Å². The molecule has 1 N–H and O–H groups in total. The third-order valence-corrected chi connectivity index (χ3v) is 6.14. The number of anilines is 2. The molecule has 1 aliphatic rings. The first-order chi connectivity index (χ1) is 13.4. The van der Waals surface area contributed by atoms with Crippen molar-refractivity contribution in [1.82, 2.24) is 0 Å². The van der Waals surface area contributed by atoms with Gasteiger partial charge in [-0.05, 0) is 36.8 Å². The number of hydrogen-bond acceptors (Lipinski definition) is 6. The lowest BCUT2D eigenvalue weighted by Gasteiger charge is -2.19. The summed E-state index contributed by atoms with van der Waals surface area (Å²) < 4.78 is 41.6. The van der Waals surface area contributed by atoms with E-state index >= 15 is 0 Å². The lowest BCUT2D eigenvalue weighted by Crippen LogP contribution is -2.25. The molecule has 1 amide bonds. The second-order valence-corrected chi connectivity index (χ2v) is 8.13. The fraction of sp³-hybridized carbons (Fsp3) is 0.316. The van der Waals surface area contributed by atoms with E-state index in [-0.39, 0.29) is 12.4 Å². The highest BCUT2D eigenvalue weighted by Crippen LogP contribution is 2.33. The molecular formula is C19H22N2O6S. The van der Waals surface area contributed by atoms with Crippen LogP contribution < -0.4 is 23.8 Å².